The van der Waals surface area contributed by atoms with Gasteiger partial charge in [0.2, 0.25) is 0 Å². The Morgan fingerprint density at radius 3 is 2.71 bits per heavy atom. The first-order valence-electron chi connectivity index (χ1n) is 8.28. The number of rotatable bonds is 4. The molecule has 0 aliphatic heterocycles. The van der Waals surface area contributed by atoms with E-state index < -0.39 is 18.8 Å². The monoisotopic (exact) mass is 409 g/mol. The molecule has 0 spiro atoms. The van der Waals surface area contributed by atoms with Crippen LogP contribution in [0.5, 0.6) is 0 Å². The van der Waals surface area contributed by atoms with Crippen molar-refractivity contribution in [3.63, 3.8) is 0 Å². The lowest BCUT2D eigenvalue weighted by Crippen LogP contribution is -2.36. The summed E-state index contributed by atoms with van der Waals surface area (Å²) in [6, 6.07) is 5.93. The van der Waals surface area contributed by atoms with Gasteiger partial charge in [-0.15, -0.1) is 10.2 Å². The molecule has 0 saturated heterocycles. The molecule has 0 bridgehead atoms. The number of benzene rings is 1. The number of nitrogens with one attached hydrogen (secondary N) is 2. The highest BCUT2D eigenvalue weighted by molar-refractivity contribution is 6.35. The highest BCUT2D eigenvalue weighted by atomic mass is 35.5. The zero-order chi connectivity index (χ0) is 20.3. The van der Waals surface area contributed by atoms with Gasteiger partial charge in [-0.3, -0.25) is 10.3 Å². The Labute approximate surface area is 163 Å². The van der Waals surface area contributed by atoms with Crippen LogP contribution >= 0.6 is 11.6 Å². The van der Waals surface area contributed by atoms with Crippen molar-refractivity contribution in [2.45, 2.75) is 19.5 Å². The Balaban J connectivity index is 1.91. The van der Waals surface area contributed by atoms with Crippen molar-refractivity contribution in [2.75, 3.05) is 11.9 Å². The molecule has 2 N–H and O–H groups in total. The number of halogens is 4. The largest absolute Gasteiger partial charge is 0.405 e. The van der Waals surface area contributed by atoms with Crippen molar-refractivity contribution in [3.8, 4) is 11.1 Å². The number of hydrogen-bond acceptors (Lipinski definition) is 4. The molecule has 0 atom stereocenters. The van der Waals surface area contributed by atoms with Gasteiger partial charge in [0.1, 0.15) is 12.1 Å². The Bertz CT molecular complexity index is 1030. The average Bonchev–Trinajstić information content (AvgIpc) is 2.65. The molecule has 6 nitrogen and oxygen atoms in total. The molecule has 0 unspecified atom stereocenters. The van der Waals surface area contributed by atoms with Crippen LogP contribution in [0.1, 0.15) is 12.5 Å². The average molecular weight is 410 g/mol. The second-order valence-corrected chi connectivity index (χ2v) is 6.34. The van der Waals surface area contributed by atoms with Gasteiger partial charge in [0.15, 0.2) is 5.82 Å². The summed E-state index contributed by atoms with van der Waals surface area (Å²) in [4.78, 5) is 15.8. The van der Waals surface area contributed by atoms with Crippen LogP contribution in [0.15, 0.2) is 36.7 Å². The van der Waals surface area contributed by atoms with E-state index in [-0.39, 0.29) is 5.82 Å². The van der Waals surface area contributed by atoms with Gasteiger partial charge < -0.3 is 5.32 Å². The molecule has 28 heavy (non-hydrogen) atoms. The summed E-state index contributed by atoms with van der Waals surface area (Å²) in [7, 11) is 0. The molecule has 10 heteroatoms. The first-order valence-corrected chi connectivity index (χ1v) is 8.66. The van der Waals surface area contributed by atoms with Gasteiger partial charge in [0.25, 0.3) is 0 Å². The maximum Gasteiger partial charge on any atom is 0.405 e. The number of pyridine rings is 1. The molecular weight excluding hydrogens is 395 g/mol. The summed E-state index contributed by atoms with van der Waals surface area (Å²) in [6.07, 6.45) is -0.267. The quantitative estimate of drug-likeness (QED) is 0.660. The van der Waals surface area contributed by atoms with Crippen molar-refractivity contribution in [1.82, 2.24) is 20.5 Å². The van der Waals surface area contributed by atoms with Crippen LogP contribution in [-0.2, 0) is 6.42 Å². The molecule has 0 saturated carbocycles. The van der Waals surface area contributed by atoms with Gasteiger partial charge in [0, 0.05) is 23.3 Å². The SMILES string of the molecule is CCc1ccncc1-c1cc(Cl)c2nnc(NC(=O)NCC(F)(F)F)cc2c1. The number of alkyl halides is 3. The first kappa shape index (κ1) is 19.8. The number of nitrogens with zero attached hydrogens (tertiary/aromatic N) is 3. The first-order chi connectivity index (χ1) is 13.3. The minimum absolute atomic E-state index is 0.00212. The number of anilines is 1. The van der Waals surface area contributed by atoms with Crippen LogP contribution in [0, 0.1) is 0 Å². The summed E-state index contributed by atoms with van der Waals surface area (Å²) in [6.45, 7) is 0.575. The molecular formula is C18H15ClF3N5O. The molecule has 0 radical (unpaired) electrons. The van der Waals surface area contributed by atoms with Gasteiger partial charge in [-0.25, -0.2) is 4.79 Å². The van der Waals surface area contributed by atoms with Crippen molar-refractivity contribution < 1.29 is 18.0 Å². The van der Waals surface area contributed by atoms with Crippen LogP contribution in [0.25, 0.3) is 22.0 Å². The predicted molar refractivity (Wildman–Crippen MR) is 100 cm³/mol. The van der Waals surface area contributed by atoms with Crippen LogP contribution in [0.2, 0.25) is 5.02 Å². The van der Waals surface area contributed by atoms with Gasteiger partial charge in [-0.05, 0) is 41.8 Å². The van der Waals surface area contributed by atoms with E-state index in [2.05, 4.69) is 20.5 Å². The second-order valence-electron chi connectivity index (χ2n) is 5.93. The number of aromatic nitrogens is 3. The molecule has 2 aromatic heterocycles. The highest BCUT2D eigenvalue weighted by Gasteiger charge is 2.27. The third-order valence-electron chi connectivity index (χ3n) is 3.94. The van der Waals surface area contributed by atoms with Gasteiger partial charge in [0.05, 0.1) is 5.02 Å². The maximum atomic E-state index is 12.2. The second kappa shape index (κ2) is 7.97. The lowest BCUT2D eigenvalue weighted by Gasteiger charge is -2.11. The molecule has 3 rings (SSSR count). The van der Waals surface area contributed by atoms with Gasteiger partial charge >= 0.3 is 12.2 Å². The predicted octanol–water partition coefficient (Wildman–Crippen LogP) is 4.59. The van der Waals surface area contributed by atoms with E-state index in [1.165, 1.54) is 6.07 Å². The smallest absolute Gasteiger partial charge is 0.329 e. The van der Waals surface area contributed by atoms with E-state index in [1.807, 2.05) is 19.1 Å². The number of carbonyl (C=O) groups excluding carboxylic acids is 1. The normalized spacial score (nSPS) is 11.5. The summed E-state index contributed by atoms with van der Waals surface area (Å²) < 4.78 is 36.6. The van der Waals surface area contributed by atoms with Crippen LogP contribution in [0.4, 0.5) is 23.8 Å². The van der Waals surface area contributed by atoms with E-state index in [0.29, 0.717) is 15.9 Å². The van der Waals surface area contributed by atoms with Crippen LogP contribution in [0.3, 0.4) is 0 Å². The van der Waals surface area contributed by atoms with Gasteiger partial charge in [-0.2, -0.15) is 13.2 Å². The maximum absolute atomic E-state index is 12.2. The Hall–Kier alpha value is -2.94. The minimum Gasteiger partial charge on any atom is -0.329 e. The molecule has 3 aromatic rings. The van der Waals surface area contributed by atoms with E-state index in [0.717, 1.165) is 23.1 Å². The topological polar surface area (TPSA) is 79.8 Å². The zero-order valence-electron chi connectivity index (χ0n) is 14.6. The molecule has 2 amide bonds. The molecule has 0 aliphatic rings. The number of aryl methyl sites for hydroxylation is 1. The lowest BCUT2D eigenvalue weighted by molar-refractivity contribution is -0.122. The lowest BCUT2D eigenvalue weighted by atomic mass is 9.99. The van der Waals surface area contributed by atoms with Crippen molar-refractivity contribution in [3.05, 3.63) is 47.2 Å². The van der Waals surface area contributed by atoms with Crippen molar-refractivity contribution in [2.24, 2.45) is 0 Å². The number of amides is 2. The fourth-order valence-corrected chi connectivity index (χ4v) is 2.93. The molecule has 1 aromatic carbocycles. The Morgan fingerprint density at radius 2 is 2.00 bits per heavy atom. The molecule has 2 heterocycles. The number of fused-ring (bicyclic) bond motifs is 1. The van der Waals surface area contributed by atoms with Crippen LogP contribution in [-0.4, -0.2) is 33.9 Å². The number of hydrogen-bond donors (Lipinski definition) is 2. The van der Waals surface area contributed by atoms with Gasteiger partial charge in [-0.1, -0.05) is 18.5 Å². The van der Waals surface area contributed by atoms with E-state index in [1.54, 1.807) is 23.8 Å². The van der Waals surface area contributed by atoms with Crippen LogP contribution < -0.4 is 10.6 Å². The third-order valence-corrected chi connectivity index (χ3v) is 4.23. The standard InChI is InChI=1S/C18H15ClF3N5O/c1-2-10-3-4-23-8-13(10)11-5-12-7-15(26-27-16(12)14(19)6-11)25-17(28)24-9-18(20,21)22/h3-8H,2,9H2,1H3,(H2,24,25,26,28). The Kier molecular flexibility index (Phi) is 5.64. The van der Waals surface area contributed by atoms with E-state index >= 15 is 0 Å². The third kappa shape index (κ3) is 4.66. The van der Waals surface area contributed by atoms with E-state index in [4.69, 9.17) is 11.6 Å². The van der Waals surface area contributed by atoms with Crippen molar-refractivity contribution in [1.29, 1.82) is 0 Å². The van der Waals surface area contributed by atoms with Crippen molar-refractivity contribution >= 4 is 34.4 Å². The highest BCUT2D eigenvalue weighted by Crippen LogP contribution is 2.31. The van der Waals surface area contributed by atoms with E-state index in [9.17, 15) is 18.0 Å². The zero-order valence-corrected chi connectivity index (χ0v) is 15.4. The minimum atomic E-state index is -4.50. The summed E-state index contributed by atoms with van der Waals surface area (Å²) in [5, 5.41) is 12.6. The summed E-state index contributed by atoms with van der Waals surface area (Å²) in [5.74, 6) is 0.00212. The fourth-order valence-electron chi connectivity index (χ4n) is 2.66. The molecule has 0 aliphatic carbocycles. The fraction of sp³-hybridized carbons (Fsp3) is 0.222. The summed E-state index contributed by atoms with van der Waals surface area (Å²) in [5.41, 5.74) is 3.21. The number of carbonyl (C=O) groups is 1. The summed E-state index contributed by atoms with van der Waals surface area (Å²) >= 11 is 6.32. The molecule has 146 valence electrons. The molecule has 0 fully saturated rings. The number of urea groups is 1. The Morgan fingerprint density at radius 1 is 1.21 bits per heavy atom.